The number of aliphatic hydroxyl groups is 8. The largest absolute Gasteiger partial charge is 0.394 e. The van der Waals surface area contributed by atoms with Gasteiger partial charge >= 0.3 is 83.2 Å². The van der Waals surface area contributed by atoms with E-state index in [4.69, 9.17) is 165 Å². The van der Waals surface area contributed by atoms with Gasteiger partial charge in [-0.3, -0.25) is 72.8 Å². The fourth-order valence-corrected chi connectivity index (χ4v) is 2.63. The van der Waals surface area contributed by atoms with Crippen molar-refractivity contribution in [1.82, 2.24) is 6.15 Å². The Labute approximate surface area is 358 Å². The summed E-state index contributed by atoms with van der Waals surface area (Å²) in [6, 6.07) is 0. The van der Waals surface area contributed by atoms with E-state index in [1.54, 1.807) is 0 Å². The van der Waals surface area contributed by atoms with Crippen molar-refractivity contribution in [1.29, 1.82) is 0 Å². The summed E-state index contributed by atoms with van der Waals surface area (Å²) in [5.74, 6) is -2.22. The Balaban J connectivity index is -0.000000105. The predicted molar refractivity (Wildman–Crippen MR) is 187 cm³/mol. The zero-order chi connectivity index (χ0) is 53.4. The Morgan fingerprint density at radius 3 is 0.766 bits per heavy atom. The number of aliphatic hydroxyl groups excluding tert-OH is 8. The Kier molecular flexibility index (Phi) is 41.1. The van der Waals surface area contributed by atoms with Gasteiger partial charge in [0.25, 0.3) is 0 Å². The molecule has 0 spiro atoms. The maximum atomic E-state index is 10.00. The molecule has 0 unspecified atom stereocenters. The zero-order valence-corrected chi connectivity index (χ0v) is 36.2. The lowest BCUT2D eigenvalue weighted by Crippen LogP contribution is -2.62. The third-order valence-electron chi connectivity index (χ3n) is 4.07. The zero-order valence-electron chi connectivity index (χ0n) is 29.7. The topological polar surface area (TPSA) is 821 Å². The van der Waals surface area contributed by atoms with E-state index in [1.807, 2.05) is 0 Å². The Morgan fingerprint density at radius 2 is 0.594 bits per heavy atom. The summed E-state index contributed by atoms with van der Waals surface area (Å²) < 4.78 is 268. The minimum Gasteiger partial charge on any atom is -0.394 e. The second kappa shape index (κ2) is 33.1. The van der Waals surface area contributed by atoms with Gasteiger partial charge in [0, 0.05) is 0 Å². The van der Waals surface area contributed by atoms with E-state index in [1.165, 1.54) is 0 Å². The van der Waals surface area contributed by atoms with Crippen LogP contribution in [0.25, 0.3) is 0 Å². The van der Waals surface area contributed by atoms with Gasteiger partial charge in [-0.1, -0.05) is 0 Å². The summed E-state index contributed by atoms with van der Waals surface area (Å²) in [6.07, 6.45) is -12.7. The highest BCUT2D eigenvalue weighted by Gasteiger charge is 2.58. The van der Waals surface area contributed by atoms with Crippen LogP contribution in [0.3, 0.4) is 0 Å². The van der Waals surface area contributed by atoms with Gasteiger partial charge in [0.2, 0.25) is 5.79 Å². The Hall–Kier alpha value is -1.52. The standard InChI is InChI=1S/C12H22O11.H3N.8H2O4S/c13-1-4-6(16)8(18)9(19)11(21-4)23-12(3-15)10(20)7(17)5(2-14)22-12;;8*1-5(2,3)4/h4-11,13-20H,1-3H2;1H3;8*(H2,1,2,3,4)/t4-,5-,6-,7-,8+,9-,10+,11-,12+;;;;;;;;;/m1........./s1. The average Bonchev–Trinajstić information content (AvgIpc) is 3.15. The van der Waals surface area contributed by atoms with Crippen molar-refractivity contribution >= 4 is 83.2 Å². The molecule has 0 saturated carbocycles. The molecule has 0 aromatic heterocycles. The van der Waals surface area contributed by atoms with Crippen LogP contribution in [0.2, 0.25) is 0 Å². The molecule has 0 aromatic rings. The molecule has 64 heavy (non-hydrogen) atoms. The van der Waals surface area contributed by atoms with Gasteiger partial charge in [0.15, 0.2) is 6.29 Å². The van der Waals surface area contributed by atoms with Gasteiger partial charge in [-0.15, -0.1) is 0 Å². The summed E-state index contributed by atoms with van der Waals surface area (Å²) >= 11 is 0. The summed E-state index contributed by atoms with van der Waals surface area (Å²) in [4.78, 5) is 0. The first-order chi connectivity index (χ1) is 26.8. The molecule has 2 rings (SSSR count). The molecule has 2 aliphatic heterocycles. The maximum Gasteiger partial charge on any atom is 0.394 e. The van der Waals surface area contributed by atoms with Crippen LogP contribution in [0, 0.1) is 0 Å². The van der Waals surface area contributed by atoms with Crippen LogP contribution < -0.4 is 6.15 Å². The van der Waals surface area contributed by atoms with Crippen molar-refractivity contribution in [3.8, 4) is 0 Å². The molecule has 27 N–H and O–H groups in total. The molecule has 2 saturated heterocycles. The summed E-state index contributed by atoms with van der Waals surface area (Å²) in [5.41, 5.74) is 0. The highest BCUT2D eigenvalue weighted by molar-refractivity contribution is 7.81. The molecular weight excluding hydrogens is 1100 g/mol. The van der Waals surface area contributed by atoms with Crippen LogP contribution in [0.1, 0.15) is 0 Å². The van der Waals surface area contributed by atoms with E-state index in [0.29, 0.717) is 0 Å². The van der Waals surface area contributed by atoms with Crippen LogP contribution in [0.5, 0.6) is 0 Å². The first-order valence-corrected chi connectivity index (χ1v) is 23.8. The van der Waals surface area contributed by atoms with Crippen LogP contribution in [0.15, 0.2) is 0 Å². The number of hydrogen-bond acceptors (Lipinski definition) is 28. The highest BCUT2D eigenvalue weighted by atomic mass is 32.3. The molecule has 0 radical (unpaired) electrons. The molecule has 0 bridgehead atoms. The monoisotopic (exact) mass is 1140 g/mol. The van der Waals surface area contributed by atoms with Crippen molar-refractivity contribution in [2.24, 2.45) is 0 Å². The fourth-order valence-electron chi connectivity index (χ4n) is 2.63. The lowest BCUT2D eigenvalue weighted by Gasteiger charge is -2.43. The summed E-state index contributed by atoms with van der Waals surface area (Å²) in [5, 5.41) is 76.7. The van der Waals surface area contributed by atoms with Gasteiger partial charge in [-0.2, -0.15) is 67.3 Å². The molecular formula is C12H41NO43S8. The first-order valence-electron chi connectivity index (χ1n) is 12.6. The summed E-state index contributed by atoms with van der Waals surface area (Å²) in [6.45, 7) is -2.32. The second-order valence-electron chi connectivity index (χ2n) is 9.14. The third-order valence-corrected chi connectivity index (χ3v) is 4.07. The van der Waals surface area contributed by atoms with E-state index in [2.05, 4.69) is 0 Å². The van der Waals surface area contributed by atoms with Crippen molar-refractivity contribution in [2.45, 2.75) is 54.8 Å². The highest BCUT2D eigenvalue weighted by Crippen LogP contribution is 2.35. The van der Waals surface area contributed by atoms with Crippen molar-refractivity contribution in [3.05, 3.63) is 0 Å². The normalized spacial score (nSPS) is 25.6. The van der Waals surface area contributed by atoms with E-state index in [9.17, 15) is 30.6 Å². The van der Waals surface area contributed by atoms with Crippen LogP contribution in [-0.2, 0) is 97.4 Å². The van der Waals surface area contributed by atoms with Crippen LogP contribution >= 0.6 is 0 Å². The lowest BCUT2D eigenvalue weighted by molar-refractivity contribution is -0.383. The minimum absolute atomic E-state index is 0. The predicted octanol–water partition coefficient (Wildman–Crippen LogP) is -10.5. The quantitative estimate of drug-likeness (QED) is 0.114. The molecule has 44 nitrogen and oxygen atoms in total. The molecule has 0 aromatic carbocycles. The third kappa shape index (κ3) is 87.4. The average molecular weight is 1140 g/mol. The van der Waals surface area contributed by atoms with Crippen molar-refractivity contribution in [2.75, 3.05) is 19.8 Å². The molecule has 9 atom stereocenters. The van der Waals surface area contributed by atoms with Gasteiger partial charge in [-0.05, 0) is 0 Å². The molecule has 0 aliphatic carbocycles. The van der Waals surface area contributed by atoms with Gasteiger partial charge in [0.05, 0.1) is 13.2 Å². The van der Waals surface area contributed by atoms with Gasteiger partial charge in [-0.25, -0.2) is 0 Å². The number of hydrogen-bond donors (Lipinski definition) is 25. The van der Waals surface area contributed by atoms with Crippen LogP contribution in [-0.4, -0.2) is 256 Å². The van der Waals surface area contributed by atoms with Crippen molar-refractivity contribution < 1.29 is 195 Å². The van der Waals surface area contributed by atoms with Gasteiger partial charge < -0.3 is 61.2 Å². The molecule has 2 heterocycles. The lowest BCUT2D eigenvalue weighted by atomic mass is 9.99. The van der Waals surface area contributed by atoms with Crippen LogP contribution in [0.4, 0.5) is 0 Å². The summed E-state index contributed by atoms with van der Waals surface area (Å²) in [7, 11) is -37.3. The molecule has 2 aliphatic rings. The van der Waals surface area contributed by atoms with Gasteiger partial charge in [0.1, 0.15) is 49.3 Å². The van der Waals surface area contributed by atoms with E-state index in [-0.39, 0.29) is 6.15 Å². The molecule has 2 fully saturated rings. The fraction of sp³-hybridized carbons (Fsp3) is 1.00. The first kappa shape index (κ1) is 79.6. The number of ether oxygens (including phenoxy) is 3. The Morgan fingerprint density at radius 1 is 0.375 bits per heavy atom. The van der Waals surface area contributed by atoms with E-state index in [0.717, 1.165) is 0 Å². The van der Waals surface area contributed by atoms with Crippen molar-refractivity contribution in [3.63, 3.8) is 0 Å². The maximum absolute atomic E-state index is 10.00. The Bertz CT molecular complexity index is 1720. The van der Waals surface area contributed by atoms with E-state index >= 15 is 0 Å². The molecule has 0 amide bonds. The minimum atomic E-state index is -4.67. The van der Waals surface area contributed by atoms with E-state index < -0.39 is 158 Å². The SMILES string of the molecule is N.O=S(=O)(O)O.O=S(=O)(O)O.O=S(=O)(O)O.O=S(=O)(O)O.O=S(=O)(O)O.O=S(=O)(O)O.O=S(=O)(O)O.O=S(=O)(O)O.OC[C@H]1O[C@@](CO)(O[C@H]2O[C@H](CO)[C@@H](O)[C@H](O)[C@H]2O)[C@@H](O)[C@@H]1O. The molecule has 52 heteroatoms. The smallest absolute Gasteiger partial charge is 0.394 e. The second-order valence-corrected chi connectivity index (χ2v) is 16.3. The molecule has 400 valence electrons. The number of rotatable bonds is 5.